The molecule has 12 heavy (non-hydrogen) atoms. The number of methoxy groups -OCH3 is 1. The molecule has 2 nitrogen and oxygen atoms in total. The minimum atomic E-state index is -0.355. The van der Waals surface area contributed by atoms with E-state index in [4.69, 9.17) is 9.47 Å². The Morgan fingerprint density at radius 3 is 2.75 bits per heavy atom. The van der Waals surface area contributed by atoms with Crippen LogP contribution in [0.1, 0.15) is 6.92 Å². The van der Waals surface area contributed by atoms with E-state index in [1.807, 2.05) is 0 Å². The summed E-state index contributed by atoms with van der Waals surface area (Å²) < 4.78 is 22.6. The van der Waals surface area contributed by atoms with E-state index in [0.717, 1.165) is 0 Å². The molecule has 0 aliphatic carbocycles. The van der Waals surface area contributed by atoms with Crippen LogP contribution in [-0.2, 0) is 4.74 Å². The number of ether oxygens (including phenoxy) is 2. The first-order chi connectivity index (χ1) is 5.72. The van der Waals surface area contributed by atoms with Gasteiger partial charge in [-0.25, -0.2) is 4.39 Å². The van der Waals surface area contributed by atoms with Gasteiger partial charge >= 0.3 is 0 Å². The first kappa shape index (κ1) is 9.00. The summed E-state index contributed by atoms with van der Waals surface area (Å²) in [4.78, 5) is 0. The lowest BCUT2D eigenvalue weighted by molar-refractivity contribution is -0.0384. The van der Waals surface area contributed by atoms with Gasteiger partial charge in [0.1, 0.15) is 11.6 Å². The Morgan fingerprint density at radius 1 is 1.42 bits per heavy atom. The van der Waals surface area contributed by atoms with Gasteiger partial charge in [-0.3, -0.25) is 0 Å². The normalized spacial score (nSPS) is 12.6. The van der Waals surface area contributed by atoms with Gasteiger partial charge in [0, 0.05) is 13.2 Å². The molecule has 0 amide bonds. The van der Waals surface area contributed by atoms with Gasteiger partial charge in [0.2, 0.25) is 0 Å². The second-order valence-corrected chi connectivity index (χ2v) is 2.38. The summed E-state index contributed by atoms with van der Waals surface area (Å²) in [7, 11) is 1.53. The molecule has 0 radical (unpaired) electrons. The minimum Gasteiger partial charge on any atom is -0.465 e. The Kier molecular flexibility index (Phi) is 3.05. The van der Waals surface area contributed by atoms with Crippen LogP contribution in [0, 0.1) is 5.82 Å². The molecule has 0 N–H and O–H groups in total. The van der Waals surface area contributed by atoms with E-state index in [1.165, 1.54) is 19.2 Å². The number of hydrogen-bond acceptors (Lipinski definition) is 2. The first-order valence-corrected chi connectivity index (χ1v) is 3.67. The second kappa shape index (κ2) is 4.07. The Morgan fingerprint density at radius 2 is 2.17 bits per heavy atom. The topological polar surface area (TPSA) is 18.5 Å². The molecule has 66 valence electrons. The molecule has 3 heteroatoms. The molecule has 1 aromatic rings. The Balaban J connectivity index is 2.63. The highest BCUT2D eigenvalue weighted by atomic mass is 19.1. The van der Waals surface area contributed by atoms with Crippen molar-refractivity contribution in [2.45, 2.75) is 13.2 Å². The Labute approximate surface area is 70.9 Å². The lowest BCUT2D eigenvalue weighted by Gasteiger charge is -2.11. The first-order valence-electron chi connectivity index (χ1n) is 3.67. The fourth-order valence-corrected chi connectivity index (χ4v) is 0.780. The van der Waals surface area contributed by atoms with E-state index in [-0.39, 0.29) is 12.1 Å². The van der Waals surface area contributed by atoms with Crippen molar-refractivity contribution in [2.24, 2.45) is 0 Å². The number of benzene rings is 1. The van der Waals surface area contributed by atoms with Gasteiger partial charge in [-0.05, 0) is 19.1 Å². The van der Waals surface area contributed by atoms with Gasteiger partial charge in [-0.2, -0.15) is 0 Å². The molecule has 1 atom stereocenters. The maximum atomic E-state index is 12.6. The van der Waals surface area contributed by atoms with Gasteiger partial charge in [0.25, 0.3) is 0 Å². The summed E-state index contributed by atoms with van der Waals surface area (Å²) >= 11 is 0. The monoisotopic (exact) mass is 170 g/mol. The number of rotatable bonds is 3. The van der Waals surface area contributed by atoms with E-state index in [2.05, 4.69) is 0 Å². The molecule has 1 unspecified atom stereocenters. The quantitative estimate of drug-likeness (QED) is 0.647. The zero-order valence-corrected chi connectivity index (χ0v) is 7.08. The van der Waals surface area contributed by atoms with E-state index in [0.29, 0.717) is 5.75 Å². The molecule has 0 aliphatic heterocycles. The fraction of sp³-hybridized carbons (Fsp3) is 0.333. The van der Waals surface area contributed by atoms with Crippen molar-refractivity contribution in [1.82, 2.24) is 0 Å². The lowest BCUT2D eigenvalue weighted by Crippen LogP contribution is -2.13. The van der Waals surface area contributed by atoms with E-state index >= 15 is 0 Å². The molecule has 0 aliphatic rings. The summed E-state index contributed by atoms with van der Waals surface area (Å²) in [6.07, 6.45) is -0.355. The maximum absolute atomic E-state index is 12.6. The van der Waals surface area contributed by atoms with Crippen LogP contribution in [0.25, 0.3) is 0 Å². The fourth-order valence-electron chi connectivity index (χ4n) is 0.780. The van der Waals surface area contributed by atoms with Crippen molar-refractivity contribution < 1.29 is 13.9 Å². The van der Waals surface area contributed by atoms with Crippen LogP contribution >= 0.6 is 0 Å². The molecule has 0 heterocycles. The Bertz CT molecular complexity index is 250. The maximum Gasteiger partial charge on any atom is 0.196 e. The van der Waals surface area contributed by atoms with E-state index < -0.39 is 0 Å². The van der Waals surface area contributed by atoms with Gasteiger partial charge in [0.15, 0.2) is 6.29 Å². The molecular weight excluding hydrogens is 159 g/mol. The molecule has 1 rings (SSSR count). The Hall–Kier alpha value is -1.09. The average molecular weight is 170 g/mol. The molecule has 0 aromatic heterocycles. The largest absolute Gasteiger partial charge is 0.465 e. The van der Waals surface area contributed by atoms with Crippen LogP contribution in [0.4, 0.5) is 4.39 Å². The van der Waals surface area contributed by atoms with Crippen molar-refractivity contribution >= 4 is 0 Å². The smallest absolute Gasteiger partial charge is 0.196 e. The SMILES string of the molecule is COC(C)Oc1cccc(F)c1. The molecular formula is C9H11FO2. The summed E-state index contributed by atoms with van der Waals surface area (Å²) in [5.41, 5.74) is 0. The van der Waals surface area contributed by atoms with Crippen LogP contribution in [0.5, 0.6) is 5.75 Å². The van der Waals surface area contributed by atoms with E-state index in [9.17, 15) is 4.39 Å². The van der Waals surface area contributed by atoms with Crippen molar-refractivity contribution in [1.29, 1.82) is 0 Å². The van der Waals surface area contributed by atoms with Gasteiger partial charge < -0.3 is 9.47 Å². The summed E-state index contributed by atoms with van der Waals surface area (Å²) in [5.74, 6) is 0.167. The van der Waals surface area contributed by atoms with Crippen molar-refractivity contribution in [3.63, 3.8) is 0 Å². The van der Waals surface area contributed by atoms with Crippen LogP contribution < -0.4 is 4.74 Å². The van der Waals surface area contributed by atoms with Crippen LogP contribution in [-0.4, -0.2) is 13.4 Å². The van der Waals surface area contributed by atoms with Crippen LogP contribution in [0.15, 0.2) is 24.3 Å². The third kappa shape index (κ3) is 2.51. The number of hydrogen-bond donors (Lipinski definition) is 0. The standard InChI is InChI=1S/C9H11FO2/c1-7(11-2)12-9-5-3-4-8(10)6-9/h3-7H,1-2H3. The summed E-state index contributed by atoms with van der Waals surface area (Å²) in [5, 5.41) is 0. The highest BCUT2D eigenvalue weighted by Crippen LogP contribution is 2.13. The van der Waals surface area contributed by atoms with Crippen molar-refractivity contribution in [3.05, 3.63) is 30.1 Å². The molecule has 0 bridgehead atoms. The van der Waals surface area contributed by atoms with Crippen LogP contribution in [0.3, 0.4) is 0 Å². The third-order valence-electron chi connectivity index (χ3n) is 1.43. The van der Waals surface area contributed by atoms with Crippen molar-refractivity contribution in [3.8, 4) is 5.75 Å². The molecule has 0 fully saturated rings. The average Bonchev–Trinajstić information content (AvgIpc) is 2.04. The van der Waals surface area contributed by atoms with Gasteiger partial charge in [-0.1, -0.05) is 6.07 Å². The highest BCUT2D eigenvalue weighted by Gasteiger charge is 2.01. The zero-order valence-electron chi connectivity index (χ0n) is 7.08. The van der Waals surface area contributed by atoms with Gasteiger partial charge in [0.05, 0.1) is 0 Å². The summed E-state index contributed by atoms with van der Waals surface area (Å²) in [6.45, 7) is 1.74. The molecule has 0 spiro atoms. The van der Waals surface area contributed by atoms with Crippen molar-refractivity contribution in [2.75, 3.05) is 7.11 Å². The lowest BCUT2D eigenvalue weighted by atomic mass is 10.3. The molecule has 0 saturated carbocycles. The number of halogens is 1. The van der Waals surface area contributed by atoms with Gasteiger partial charge in [-0.15, -0.1) is 0 Å². The van der Waals surface area contributed by atoms with E-state index in [1.54, 1.807) is 19.1 Å². The third-order valence-corrected chi connectivity index (χ3v) is 1.43. The molecule has 0 saturated heterocycles. The second-order valence-electron chi connectivity index (χ2n) is 2.38. The van der Waals surface area contributed by atoms with Crippen LogP contribution in [0.2, 0.25) is 0 Å². The zero-order chi connectivity index (χ0) is 8.97. The predicted molar refractivity (Wildman–Crippen MR) is 43.5 cm³/mol. The highest BCUT2D eigenvalue weighted by molar-refractivity contribution is 5.22. The molecule has 1 aromatic carbocycles. The summed E-state index contributed by atoms with van der Waals surface area (Å²) in [6, 6.07) is 5.95. The predicted octanol–water partition coefficient (Wildman–Crippen LogP) is 2.20. The minimum absolute atomic E-state index is 0.309.